The van der Waals surface area contributed by atoms with Crippen LogP contribution in [0.25, 0.3) is 0 Å². The van der Waals surface area contributed by atoms with Crippen LogP contribution in [-0.4, -0.2) is 10.1 Å². The van der Waals surface area contributed by atoms with E-state index in [4.69, 9.17) is 0 Å². The van der Waals surface area contributed by atoms with Crippen molar-refractivity contribution in [1.82, 2.24) is 4.98 Å². The van der Waals surface area contributed by atoms with Gasteiger partial charge in [0.05, 0.1) is 0 Å². The van der Waals surface area contributed by atoms with Crippen molar-refractivity contribution in [3.8, 4) is 0 Å². The fraction of sp³-hybridized carbons (Fsp3) is 0.462. The first-order chi connectivity index (χ1) is 7.29. The smallest absolute Gasteiger partial charge is 0.102 e. The van der Waals surface area contributed by atoms with Crippen LogP contribution in [0.5, 0.6) is 0 Å². The molecule has 1 unspecified atom stereocenters. The molecule has 1 aromatic heterocycles. The first-order valence-corrected chi connectivity index (χ1v) is 5.57. The quantitative estimate of drug-likeness (QED) is 0.750. The molecule has 0 aromatic carbocycles. The zero-order chi connectivity index (χ0) is 10.7. The molecule has 2 heteroatoms. The standard InChI is InChI=1S/C13H17NO/c1-10-12(8-5-9-14-10)13(15)11-6-3-2-4-7-11/h5-6,8-9,13,15H,2-4,7H2,1H3. The molecule has 0 fully saturated rings. The molecule has 2 nitrogen and oxygen atoms in total. The van der Waals surface area contributed by atoms with Gasteiger partial charge in [0, 0.05) is 17.5 Å². The number of aliphatic hydroxyl groups excluding tert-OH is 1. The molecule has 0 aliphatic heterocycles. The minimum atomic E-state index is -0.445. The third kappa shape index (κ3) is 2.26. The lowest BCUT2D eigenvalue weighted by Crippen LogP contribution is -2.07. The summed E-state index contributed by atoms with van der Waals surface area (Å²) in [4.78, 5) is 4.21. The van der Waals surface area contributed by atoms with Crippen molar-refractivity contribution in [2.75, 3.05) is 0 Å². The van der Waals surface area contributed by atoms with Crippen molar-refractivity contribution >= 4 is 0 Å². The van der Waals surface area contributed by atoms with Gasteiger partial charge in [0.15, 0.2) is 0 Å². The van der Waals surface area contributed by atoms with E-state index < -0.39 is 6.10 Å². The van der Waals surface area contributed by atoms with Crippen molar-refractivity contribution in [1.29, 1.82) is 0 Å². The maximum Gasteiger partial charge on any atom is 0.102 e. The summed E-state index contributed by atoms with van der Waals surface area (Å²) in [5.74, 6) is 0. The molecule has 0 amide bonds. The van der Waals surface area contributed by atoms with Gasteiger partial charge in [-0.3, -0.25) is 4.98 Å². The number of rotatable bonds is 2. The lowest BCUT2D eigenvalue weighted by molar-refractivity contribution is 0.207. The molecule has 0 bridgehead atoms. The predicted molar refractivity (Wildman–Crippen MR) is 60.5 cm³/mol. The normalized spacial score (nSPS) is 18.4. The molecule has 0 saturated carbocycles. The molecule has 0 saturated heterocycles. The molecule has 1 aromatic rings. The molecule has 1 aliphatic carbocycles. The zero-order valence-electron chi connectivity index (χ0n) is 9.11. The highest BCUT2D eigenvalue weighted by Gasteiger charge is 2.16. The van der Waals surface area contributed by atoms with Gasteiger partial charge in [-0.1, -0.05) is 12.1 Å². The summed E-state index contributed by atoms with van der Waals surface area (Å²) in [6.45, 7) is 1.95. The molecule has 2 rings (SSSR count). The third-order valence-electron chi connectivity index (χ3n) is 3.02. The van der Waals surface area contributed by atoms with Gasteiger partial charge in [0.2, 0.25) is 0 Å². The summed E-state index contributed by atoms with van der Waals surface area (Å²) in [6.07, 6.45) is 8.08. The van der Waals surface area contributed by atoms with E-state index in [9.17, 15) is 5.11 Å². The second-order valence-electron chi connectivity index (χ2n) is 4.11. The van der Waals surface area contributed by atoms with Crippen LogP contribution >= 0.6 is 0 Å². The average molecular weight is 203 g/mol. The Morgan fingerprint density at radius 2 is 2.27 bits per heavy atom. The van der Waals surface area contributed by atoms with Crippen molar-refractivity contribution in [2.45, 2.75) is 38.7 Å². The molecule has 80 valence electrons. The van der Waals surface area contributed by atoms with E-state index in [1.54, 1.807) is 6.20 Å². The Morgan fingerprint density at radius 1 is 1.40 bits per heavy atom. The molecule has 1 heterocycles. The lowest BCUT2D eigenvalue weighted by Gasteiger charge is -2.19. The van der Waals surface area contributed by atoms with Gasteiger partial charge in [-0.15, -0.1) is 0 Å². The van der Waals surface area contributed by atoms with E-state index in [-0.39, 0.29) is 0 Å². The van der Waals surface area contributed by atoms with E-state index in [1.165, 1.54) is 12.8 Å². The Morgan fingerprint density at radius 3 is 2.93 bits per heavy atom. The van der Waals surface area contributed by atoms with E-state index in [2.05, 4.69) is 11.1 Å². The molecule has 1 aliphatic rings. The number of pyridine rings is 1. The second-order valence-corrected chi connectivity index (χ2v) is 4.11. The highest BCUT2D eigenvalue weighted by Crippen LogP contribution is 2.30. The number of aliphatic hydroxyl groups is 1. The van der Waals surface area contributed by atoms with E-state index in [0.29, 0.717) is 0 Å². The molecule has 1 N–H and O–H groups in total. The van der Waals surface area contributed by atoms with Gasteiger partial charge in [0.1, 0.15) is 6.10 Å². The van der Waals surface area contributed by atoms with Gasteiger partial charge in [0.25, 0.3) is 0 Å². The van der Waals surface area contributed by atoms with Crippen LogP contribution in [0.4, 0.5) is 0 Å². The molecular formula is C13H17NO. The van der Waals surface area contributed by atoms with Crippen molar-refractivity contribution in [3.05, 3.63) is 41.2 Å². The number of hydrogen-bond donors (Lipinski definition) is 1. The highest BCUT2D eigenvalue weighted by atomic mass is 16.3. The number of nitrogens with zero attached hydrogens (tertiary/aromatic N) is 1. The minimum Gasteiger partial charge on any atom is -0.384 e. The molecule has 0 radical (unpaired) electrons. The van der Waals surface area contributed by atoms with E-state index in [0.717, 1.165) is 29.7 Å². The zero-order valence-corrected chi connectivity index (χ0v) is 9.11. The fourth-order valence-electron chi connectivity index (χ4n) is 2.10. The molecule has 15 heavy (non-hydrogen) atoms. The summed E-state index contributed by atoms with van der Waals surface area (Å²) in [5.41, 5.74) is 3.04. The van der Waals surface area contributed by atoms with Gasteiger partial charge in [-0.2, -0.15) is 0 Å². The highest BCUT2D eigenvalue weighted by molar-refractivity contribution is 5.29. The third-order valence-corrected chi connectivity index (χ3v) is 3.02. The van der Waals surface area contributed by atoms with Crippen LogP contribution in [0.3, 0.4) is 0 Å². The van der Waals surface area contributed by atoms with Crippen molar-refractivity contribution in [3.63, 3.8) is 0 Å². The number of hydrogen-bond acceptors (Lipinski definition) is 2. The van der Waals surface area contributed by atoms with Crippen LogP contribution < -0.4 is 0 Å². The molecule has 0 spiro atoms. The fourth-order valence-corrected chi connectivity index (χ4v) is 2.10. The Hall–Kier alpha value is -1.15. The molecule has 1 atom stereocenters. The summed E-state index contributed by atoms with van der Waals surface area (Å²) in [6, 6.07) is 3.84. The number of aromatic nitrogens is 1. The SMILES string of the molecule is Cc1ncccc1C(O)C1=CCCCC1. The molecular weight excluding hydrogens is 186 g/mol. The van der Waals surface area contributed by atoms with Gasteiger partial charge in [-0.25, -0.2) is 0 Å². The Bertz CT molecular complexity index is 371. The average Bonchev–Trinajstić information content (AvgIpc) is 2.30. The lowest BCUT2D eigenvalue weighted by atomic mass is 9.91. The first-order valence-electron chi connectivity index (χ1n) is 5.57. The maximum atomic E-state index is 10.2. The summed E-state index contributed by atoms with van der Waals surface area (Å²) < 4.78 is 0. The van der Waals surface area contributed by atoms with Crippen LogP contribution in [0.15, 0.2) is 30.0 Å². The summed E-state index contributed by atoms with van der Waals surface area (Å²) in [5, 5.41) is 10.2. The maximum absolute atomic E-state index is 10.2. The Balaban J connectivity index is 2.23. The topological polar surface area (TPSA) is 33.1 Å². The van der Waals surface area contributed by atoms with Crippen LogP contribution in [-0.2, 0) is 0 Å². The van der Waals surface area contributed by atoms with Gasteiger partial charge < -0.3 is 5.11 Å². The van der Waals surface area contributed by atoms with Crippen LogP contribution in [0.2, 0.25) is 0 Å². The monoisotopic (exact) mass is 203 g/mol. The van der Waals surface area contributed by atoms with E-state index in [1.807, 2.05) is 19.1 Å². The van der Waals surface area contributed by atoms with Crippen LogP contribution in [0, 0.1) is 6.92 Å². The largest absolute Gasteiger partial charge is 0.384 e. The minimum absolute atomic E-state index is 0.445. The second kappa shape index (κ2) is 4.58. The predicted octanol–water partition coefficient (Wildman–Crippen LogP) is 2.92. The van der Waals surface area contributed by atoms with E-state index >= 15 is 0 Å². The van der Waals surface area contributed by atoms with Gasteiger partial charge in [-0.05, 0) is 44.2 Å². The Kier molecular flexibility index (Phi) is 3.17. The first kappa shape index (κ1) is 10.4. The van der Waals surface area contributed by atoms with Gasteiger partial charge >= 0.3 is 0 Å². The van der Waals surface area contributed by atoms with Crippen LogP contribution in [0.1, 0.15) is 43.0 Å². The summed E-state index contributed by atoms with van der Waals surface area (Å²) >= 11 is 0. The van der Waals surface area contributed by atoms with Crippen molar-refractivity contribution in [2.24, 2.45) is 0 Å². The number of aryl methyl sites for hydroxylation is 1. The number of allylic oxidation sites excluding steroid dienone is 1. The van der Waals surface area contributed by atoms with Crippen molar-refractivity contribution < 1.29 is 5.11 Å². The Labute approximate surface area is 90.7 Å². The summed E-state index contributed by atoms with van der Waals surface area (Å²) in [7, 11) is 0.